The van der Waals surface area contributed by atoms with Gasteiger partial charge in [0.2, 0.25) is 0 Å². The van der Waals surface area contributed by atoms with Gasteiger partial charge >= 0.3 is 12.1 Å². The van der Waals surface area contributed by atoms with E-state index in [9.17, 15) is 23.1 Å². The summed E-state index contributed by atoms with van der Waals surface area (Å²) in [7, 11) is -3.64. The molecule has 1 heterocycles. The van der Waals surface area contributed by atoms with Crippen LogP contribution in [0.4, 0.5) is 4.79 Å². The van der Waals surface area contributed by atoms with Crippen molar-refractivity contribution in [2.24, 2.45) is 0 Å². The Morgan fingerprint density at radius 3 is 2.38 bits per heavy atom. The molecule has 1 saturated heterocycles. The van der Waals surface area contributed by atoms with Gasteiger partial charge in [0.05, 0.1) is 24.2 Å². The maximum Gasteiger partial charge on any atom is 0.408 e. The number of nitrogens with one attached hydrogen (secondary N) is 1. The molecular weight excluding hydrogens is 338 g/mol. The molecule has 2 atom stereocenters. The molecule has 0 aromatic rings. The third-order valence-electron chi connectivity index (χ3n) is 3.88. The number of carbonyl (C=O) groups excluding carboxylic acids is 1. The summed E-state index contributed by atoms with van der Waals surface area (Å²) in [5, 5.41) is 10.8. The third kappa shape index (κ3) is 6.64. The highest BCUT2D eigenvalue weighted by Crippen LogP contribution is 2.17. The van der Waals surface area contributed by atoms with Crippen LogP contribution < -0.4 is 5.32 Å². The summed E-state index contributed by atoms with van der Waals surface area (Å²) in [6.45, 7) is 4.50. The molecule has 9 heteroatoms. The first kappa shape index (κ1) is 20.7. The number of aliphatic carboxylic acids is 1. The van der Waals surface area contributed by atoms with Gasteiger partial charge in [0.1, 0.15) is 12.1 Å². The molecule has 0 aromatic heterocycles. The fourth-order valence-corrected chi connectivity index (χ4v) is 4.78. The number of carbonyl (C=O) groups is 2. The Morgan fingerprint density at radius 2 is 1.92 bits per heavy atom. The lowest BCUT2D eigenvalue weighted by Crippen LogP contribution is -2.47. The number of hydrogen-bond donors (Lipinski definition) is 2. The van der Waals surface area contributed by atoms with Crippen molar-refractivity contribution in [3.05, 3.63) is 0 Å². The van der Waals surface area contributed by atoms with Crippen molar-refractivity contribution >= 4 is 21.9 Å². The number of carboxylic acid groups (broad SMARTS) is 1. The molecule has 0 unspecified atom stereocenters. The molecule has 24 heavy (non-hydrogen) atoms. The van der Waals surface area contributed by atoms with Gasteiger partial charge in [-0.25, -0.2) is 18.0 Å². The summed E-state index contributed by atoms with van der Waals surface area (Å²) in [4.78, 5) is 23.1. The zero-order valence-corrected chi connectivity index (χ0v) is 15.0. The maximum absolute atomic E-state index is 12.5. The van der Waals surface area contributed by atoms with Gasteiger partial charge in [-0.2, -0.15) is 0 Å². The predicted octanol–water partition coefficient (Wildman–Crippen LogP) is 1.34. The van der Waals surface area contributed by atoms with Crippen LogP contribution in [0.5, 0.6) is 0 Å². The molecule has 0 aliphatic carbocycles. The minimum Gasteiger partial charge on any atom is -0.480 e. The maximum atomic E-state index is 12.5. The van der Waals surface area contributed by atoms with Crippen molar-refractivity contribution in [2.75, 3.05) is 19.0 Å². The van der Waals surface area contributed by atoms with Crippen molar-refractivity contribution < 1.29 is 32.6 Å². The average molecular weight is 365 g/mol. The Balaban J connectivity index is 2.69. The molecule has 8 nitrogen and oxygen atoms in total. The molecule has 140 valence electrons. The van der Waals surface area contributed by atoms with Crippen LogP contribution in [0, 0.1) is 0 Å². The first-order valence-corrected chi connectivity index (χ1v) is 10.0. The van der Waals surface area contributed by atoms with E-state index in [0.717, 1.165) is 0 Å². The molecule has 2 N–H and O–H groups in total. The molecule has 1 aliphatic rings. The number of rotatable bonds is 10. The van der Waals surface area contributed by atoms with Gasteiger partial charge in [-0.15, -0.1) is 0 Å². The number of hydrogen-bond acceptors (Lipinski definition) is 6. The van der Waals surface area contributed by atoms with Crippen molar-refractivity contribution in [3.8, 4) is 0 Å². The van der Waals surface area contributed by atoms with Gasteiger partial charge in [0.25, 0.3) is 0 Å². The van der Waals surface area contributed by atoms with E-state index in [4.69, 9.17) is 9.47 Å². The van der Waals surface area contributed by atoms with E-state index >= 15 is 0 Å². The molecule has 0 saturated carbocycles. The van der Waals surface area contributed by atoms with Crippen molar-refractivity contribution in [3.63, 3.8) is 0 Å². The SMILES string of the molecule is CCCC(CCC)S(=O)(=O)C[C@@H](NC(=O)O[C@H]1CCOC1)C(=O)O. The molecule has 1 aliphatic heterocycles. The lowest BCUT2D eigenvalue weighted by Gasteiger charge is -2.20. The lowest BCUT2D eigenvalue weighted by atomic mass is 10.2. The van der Waals surface area contributed by atoms with Crippen molar-refractivity contribution in [2.45, 2.75) is 63.3 Å². The molecule has 0 aromatic carbocycles. The Bertz CT molecular complexity index is 508. The summed E-state index contributed by atoms with van der Waals surface area (Å²) in [5.41, 5.74) is 0. The van der Waals surface area contributed by atoms with E-state index in [0.29, 0.717) is 38.7 Å². The van der Waals surface area contributed by atoms with Crippen LogP contribution in [0.2, 0.25) is 0 Å². The summed E-state index contributed by atoms with van der Waals surface area (Å²) in [6.07, 6.45) is 1.52. The molecule has 1 amide bonds. The Morgan fingerprint density at radius 1 is 1.29 bits per heavy atom. The molecule has 0 bridgehead atoms. The third-order valence-corrected chi connectivity index (χ3v) is 6.17. The van der Waals surface area contributed by atoms with Gasteiger partial charge in [-0.3, -0.25) is 0 Å². The Labute approximate surface area is 142 Å². The standard InChI is InChI=1S/C15H27NO7S/c1-3-5-12(6-4-2)24(20,21)10-13(14(17)18)16-15(19)23-11-7-8-22-9-11/h11-13H,3-10H2,1-2H3,(H,16,19)(H,17,18)/t11-,13+/m0/s1. The normalized spacial score (nSPS) is 19.2. The number of amides is 1. The predicted molar refractivity (Wildman–Crippen MR) is 87.7 cm³/mol. The van der Waals surface area contributed by atoms with Crippen LogP contribution in [0.3, 0.4) is 0 Å². The van der Waals surface area contributed by atoms with Crippen LogP contribution in [0.25, 0.3) is 0 Å². The zero-order valence-electron chi connectivity index (χ0n) is 14.2. The highest BCUT2D eigenvalue weighted by atomic mass is 32.2. The minimum absolute atomic E-state index is 0.262. The monoisotopic (exact) mass is 365 g/mol. The molecule has 1 rings (SSSR count). The van der Waals surface area contributed by atoms with Gasteiger partial charge in [0, 0.05) is 6.42 Å². The first-order chi connectivity index (χ1) is 11.3. The minimum atomic E-state index is -3.64. The molecule has 0 radical (unpaired) electrons. The largest absolute Gasteiger partial charge is 0.480 e. The molecular formula is C15H27NO7S. The smallest absolute Gasteiger partial charge is 0.408 e. The van der Waals surface area contributed by atoms with E-state index in [1.807, 2.05) is 13.8 Å². The highest BCUT2D eigenvalue weighted by molar-refractivity contribution is 7.92. The lowest BCUT2D eigenvalue weighted by molar-refractivity contribution is -0.138. The number of alkyl carbamates (subject to hydrolysis) is 1. The molecule has 0 spiro atoms. The van der Waals surface area contributed by atoms with Gasteiger partial charge in [-0.05, 0) is 12.8 Å². The highest BCUT2D eigenvalue weighted by Gasteiger charge is 2.33. The van der Waals surface area contributed by atoms with E-state index in [1.54, 1.807) is 0 Å². The second-order valence-corrected chi connectivity index (χ2v) is 8.28. The Hall–Kier alpha value is -1.35. The van der Waals surface area contributed by atoms with E-state index in [-0.39, 0.29) is 6.61 Å². The summed E-state index contributed by atoms with van der Waals surface area (Å²) in [6, 6.07) is -1.53. The Kier molecular flexibility index (Phi) is 8.47. The van der Waals surface area contributed by atoms with Gasteiger partial charge in [0.15, 0.2) is 9.84 Å². The van der Waals surface area contributed by atoms with E-state index < -0.39 is 45.0 Å². The van der Waals surface area contributed by atoms with E-state index in [1.165, 1.54) is 0 Å². The average Bonchev–Trinajstić information content (AvgIpc) is 2.98. The van der Waals surface area contributed by atoms with E-state index in [2.05, 4.69) is 5.32 Å². The number of sulfone groups is 1. The topological polar surface area (TPSA) is 119 Å². The first-order valence-electron chi connectivity index (χ1n) is 8.29. The fourth-order valence-electron chi connectivity index (χ4n) is 2.62. The molecule has 1 fully saturated rings. The van der Waals surface area contributed by atoms with Crippen LogP contribution >= 0.6 is 0 Å². The quantitative estimate of drug-likeness (QED) is 0.599. The fraction of sp³-hybridized carbons (Fsp3) is 0.867. The summed E-state index contributed by atoms with van der Waals surface area (Å²) < 4.78 is 35.0. The van der Waals surface area contributed by atoms with Crippen LogP contribution in [-0.2, 0) is 24.1 Å². The van der Waals surface area contributed by atoms with Crippen LogP contribution in [0.1, 0.15) is 46.0 Å². The van der Waals surface area contributed by atoms with Crippen LogP contribution in [0.15, 0.2) is 0 Å². The van der Waals surface area contributed by atoms with Crippen molar-refractivity contribution in [1.82, 2.24) is 5.32 Å². The summed E-state index contributed by atoms with van der Waals surface area (Å²) >= 11 is 0. The number of carboxylic acids is 1. The second kappa shape index (κ2) is 9.83. The van der Waals surface area contributed by atoms with Gasteiger partial charge in [-0.1, -0.05) is 26.7 Å². The zero-order chi connectivity index (χ0) is 18.2. The van der Waals surface area contributed by atoms with Gasteiger partial charge < -0.3 is 19.9 Å². The summed E-state index contributed by atoms with van der Waals surface area (Å²) in [5.74, 6) is -2.03. The number of ether oxygens (including phenoxy) is 2. The van der Waals surface area contributed by atoms with Crippen LogP contribution in [-0.4, -0.2) is 61.9 Å². The second-order valence-electron chi connectivity index (χ2n) is 5.95. The van der Waals surface area contributed by atoms with Crippen molar-refractivity contribution in [1.29, 1.82) is 0 Å².